The first-order valence-electron chi connectivity index (χ1n) is 5.34. The number of nitrogen functional groups attached to an aromatic ring is 1. The van der Waals surface area contributed by atoms with Crippen LogP contribution < -0.4 is 5.73 Å². The first-order valence-corrected chi connectivity index (χ1v) is 6.13. The summed E-state index contributed by atoms with van der Waals surface area (Å²) >= 11 is 3.39. The first-order chi connectivity index (χ1) is 8.63. The molecule has 0 aliphatic carbocycles. The van der Waals surface area contributed by atoms with Crippen LogP contribution in [-0.2, 0) is 0 Å². The molecule has 1 aromatic heterocycles. The quantitative estimate of drug-likeness (QED) is 0.699. The van der Waals surface area contributed by atoms with Crippen molar-refractivity contribution in [3.63, 3.8) is 0 Å². The molecule has 2 N–H and O–H groups in total. The molecule has 0 spiro atoms. The van der Waals surface area contributed by atoms with Gasteiger partial charge < -0.3 is 5.73 Å². The standard InChI is InChI=1S/C13H9BrFN3/c14-9-1-4-12-8(5-9)7-18(17-12)13-6-10(16)2-3-11(13)15/h1-7H,16H2. The molecule has 0 unspecified atom stereocenters. The molecule has 18 heavy (non-hydrogen) atoms. The van der Waals surface area contributed by atoms with Crippen LogP contribution in [0.2, 0.25) is 0 Å². The minimum Gasteiger partial charge on any atom is -0.399 e. The molecule has 5 heteroatoms. The Balaban J connectivity index is 2.22. The number of aromatic nitrogens is 2. The van der Waals surface area contributed by atoms with Crippen molar-refractivity contribution in [3.05, 3.63) is 52.9 Å². The van der Waals surface area contributed by atoms with Crippen molar-refractivity contribution in [1.82, 2.24) is 9.78 Å². The topological polar surface area (TPSA) is 43.8 Å². The maximum absolute atomic E-state index is 13.7. The number of nitrogens with zero attached hydrogens (tertiary/aromatic N) is 2. The summed E-state index contributed by atoms with van der Waals surface area (Å²) in [5.41, 5.74) is 7.33. The largest absolute Gasteiger partial charge is 0.399 e. The third-order valence-corrected chi connectivity index (χ3v) is 3.18. The van der Waals surface area contributed by atoms with Crippen molar-refractivity contribution >= 4 is 32.5 Å². The second kappa shape index (κ2) is 4.10. The van der Waals surface area contributed by atoms with Crippen LogP contribution >= 0.6 is 15.9 Å². The molecule has 2 aromatic carbocycles. The number of halogens is 2. The third-order valence-electron chi connectivity index (χ3n) is 2.68. The highest BCUT2D eigenvalue weighted by Gasteiger charge is 2.08. The van der Waals surface area contributed by atoms with Gasteiger partial charge in [-0.3, -0.25) is 0 Å². The van der Waals surface area contributed by atoms with Gasteiger partial charge in [-0.1, -0.05) is 15.9 Å². The van der Waals surface area contributed by atoms with Crippen LogP contribution in [0.3, 0.4) is 0 Å². The van der Waals surface area contributed by atoms with Gasteiger partial charge in [-0.25, -0.2) is 9.07 Å². The predicted molar refractivity (Wildman–Crippen MR) is 73.1 cm³/mol. The van der Waals surface area contributed by atoms with Crippen molar-refractivity contribution < 1.29 is 4.39 Å². The molecular formula is C13H9BrFN3. The molecule has 0 saturated heterocycles. The van der Waals surface area contributed by atoms with E-state index in [4.69, 9.17) is 5.73 Å². The van der Waals surface area contributed by atoms with Crippen LogP contribution in [0.4, 0.5) is 10.1 Å². The van der Waals surface area contributed by atoms with Gasteiger partial charge in [0.05, 0.1) is 5.52 Å². The van der Waals surface area contributed by atoms with Gasteiger partial charge >= 0.3 is 0 Å². The van der Waals surface area contributed by atoms with E-state index in [-0.39, 0.29) is 5.82 Å². The Kier molecular flexibility index (Phi) is 2.56. The van der Waals surface area contributed by atoms with E-state index in [1.165, 1.54) is 16.8 Å². The molecule has 0 aliphatic rings. The number of hydrogen-bond donors (Lipinski definition) is 1. The highest BCUT2D eigenvalue weighted by Crippen LogP contribution is 2.22. The molecule has 0 radical (unpaired) electrons. The highest BCUT2D eigenvalue weighted by molar-refractivity contribution is 9.10. The van der Waals surface area contributed by atoms with Gasteiger partial charge in [-0.2, -0.15) is 5.10 Å². The number of nitrogens with two attached hydrogens (primary N) is 1. The summed E-state index contributed by atoms with van der Waals surface area (Å²) in [6.07, 6.45) is 1.78. The Bertz CT molecular complexity index is 736. The summed E-state index contributed by atoms with van der Waals surface area (Å²) in [7, 11) is 0. The number of rotatable bonds is 1. The monoisotopic (exact) mass is 305 g/mol. The Hall–Kier alpha value is -1.88. The van der Waals surface area contributed by atoms with Crippen LogP contribution in [0.15, 0.2) is 47.1 Å². The lowest BCUT2D eigenvalue weighted by atomic mass is 10.2. The summed E-state index contributed by atoms with van der Waals surface area (Å²) in [6.45, 7) is 0. The fraction of sp³-hybridized carbons (Fsp3) is 0. The van der Waals surface area contributed by atoms with Crippen molar-refractivity contribution in [2.24, 2.45) is 0 Å². The molecule has 0 atom stereocenters. The molecule has 0 bridgehead atoms. The summed E-state index contributed by atoms with van der Waals surface area (Å²) in [4.78, 5) is 0. The lowest BCUT2D eigenvalue weighted by Gasteiger charge is -2.03. The molecular weight excluding hydrogens is 297 g/mol. The van der Waals surface area contributed by atoms with Gasteiger partial charge in [0.15, 0.2) is 0 Å². The van der Waals surface area contributed by atoms with Crippen molar-refractivity contribution in [2.75, 3.05) is 5.73 Å². The Morgan fingerprint density at radius 2 is 2.00 bits per heavy atom. The van der Waals surface area contributed by atoms with E-state index in [0.717, 1.165) is 15.4 Å². The maximum Gasteiger partial charge on any atom is 0.149 e. The normalized spacial score (nSPS) is 11.0. The lowest BCUT2D eigenvalue weighted by Crippen LogP contribution is -1.99. The fourth-order valence-electron chi connectivity index (χ4n) is 1.83. The highest BCUT2D eigenvalue weighted by atomic mass is 79.9. The third kappa shape index (κ3) is 1.86. The zero-order valence-corrected chi connectivity index (χ0v) is 10.9. The zero-order valence-electron chi connectivity index (χ0n) is 9.27. The van der Waals surface area contributed by atoms with Crippen molar-refractivity contribution in [2.45, 2.75) is 0 Å². The van der Waals surface area contributed by atoms with Crippen LogP contribution in [0, 0.1) is 5.82 Å². The molecule has 90 valence electrons. The average Bonchev–Trinajstić information content (AvgIpc) is 2.74. The van der Waals surface area contributed by atoms with Crippen LogP contribution in [0.5, 0.6) is 0 Å². The van der Waals surface area contributed by atoms with Crippen LogP contribution in [-0.4, -0.2) is 9.78 Å². The molecule has 0 fully saturated rings. The van der Waals surface area contributed by atoms with Gasteiger partial charge in [0, 0.05) is 21.7 Å². The summed E-state index contributed by atoms with van der Waals surface area (Å²) < 4.78 is 16.2. The van der Waals surface area contributed by atoms with Crippen LogP contribution in [0.25, 0.3) is 16.6 Å². The molecule has 1 heterocycles. The molecule has 3 nitrogen and oxygen atoms in total. The number of hydrogen-bond acceptors (Lipinski definition) is 2. The fourth-order valence-corrected chi connectivity index (χ4v) is 2.20. The zero-order chi connectivity index (χ0) is 12.7. The second-order valence-electron chi connectivity index (χ2n) is 3.99. The lowest BCUT2D eigenvalue weighted by molar-refractivity contribution is 0.612. The minimum absolute atomic E-state index is 0.349. The molecule has 0 amide bonds. The smallest absolute Gasteiger partial charge is 0.149 e. The van der Waals surface area contributed by atoms with Gasteiger partial charge in [-0.05, 0) is 36.4 Å². The number of benzene rings is 2. The molecule has 3 rings (SSSR count). The first kappa shape index (κ1) is 11.2. The van der Waals surface area contributed by atoms with E-state index in [2.05, 4.69) is 21.0 Å². The Morgan fingerprint density at radius 3 is 2.83 bits per heavy atom. The van der Waals surface area contributed by atoms with Crippen molar-refractivity contribution in [1.29, 1.82) is 0 Å². The van der Waals surface area contributed by atoms with E-state index < -0.39 is 0 Å². The van der Waals surface area contributed by atoms with E-state index in [0.29, 0.717) is 11.4 Å². The molecule has 0 aliphatic heterocycles. The van der Waals surface area contributed by atoms with Crippen LogP contribution in [0.1, 0.15) is 0 Å². The molecule has 3 aromatic rings. The van der Waals surface area contributed by atoms with E-state index in [9.17, 15) is 4.39 Å². The van der Waals surface area contributed by atoms with Gasteiger partial charge in [-0.15, -0.1) is 0 Å². The Morgan fingerprint density at radius 1 is 1.17 bits per heavy atom. The second-order valence-corrected chi connectivity index (χ2v) is 4.90. The SMILES string of the molecule is Nc1ccc(F)c(-n2cc3cc(Br)ccc3n2)c1. The van der Waals surface area contributed by atoms with E-state index >= 15 is 0 Å². The minimum atomic E-state index is -0.351. The summed E-state index contributed by atoms with van der Waals surface area (Å²) in [5, 5.41) is 5.26. The van der Waals surface area contributed by atoms with E-state index in [1.54, 1.807) is 12.3 Å². The van der Waals surface area contributed by atoms with Crippen molar-refractivity contribution in [3.8, 4) is 5.69 Å². The van der Waals surface area contributed by atoms with Gasteiger partial charge in [0.1, 0.15) is 11.5 Å². The van der Waals surface area contributed by atoms with E-state index in [1.807, 2.05) is 18.2 Å². The average molecular weight is 306 g/mol. The van der Waals surface area contributed by atoms with Gasteiger partial charge in [0.25, 0.3) is 0 Å². The predicted octanol–water partition coefficient (Wildman–Crippen LogP) is 3.51. The Labute approximate surface area is 111 Å². The molecule has 0 saturated carbocycles. The maximum atomic E-state index is 13.7. The summed E-state index contributed by atoms with van der Waals surface area (Å²) in [5.74, 6) is -0.351. The number of anilines is 1. The summed E-state index contributed by atoms with van der Waals surface area (Å²) in [6, 6.07) is 10.1. The van der Waals surface area contributed by atoms with Gasteiger partial charge in [0.2, 0.25) is 0 Å². The number of fused-ring (bicyclic) bond motifs is 1.